The molecule has 0 bridgehead atoms. The maximum Gasteiger partial charge on any atom is 0.190 e. The molecule has 1 heterocycles. The van der Waals surface area contributed by atoms with Crippen molar-refractivity contribution in [1.29, 1.82) is 0 Å². The normalized spacial score (nSPS) is 23.9. The van der Waals surface area contributed by atoms with Gasteiger partial charge >= 0.3 is 0 Å². The molecule has 150 valence electrons. The average Bonchev–Trinajstić information content (AvgIpc) is 3.15. The molecule has 1 N–H and O–H groups in total. The van der Waals surface area contributed by atoms with Crippen molar-refractivity contribution in [2.45, 2.75) is 57.0 Å². The molecule has 1 fully saturated rings. The molecule has 0 saturated heterocycles. The fraction of sp³-hybridized carbons (Fsp3) is 0.417. The second kappa shape index (κ2) is 7.86. The van der Waals surface area contributed by atoms with Crippen LogP contribution >= 0.6 is 12.2 Å². The van der Waals surface area contributed by atoms with Gasteiger partial charge in [0.25, 0.3) is 0 Å². The molecular formula is C24H26FN3S. The van der Waals surface area contributed by atoms with E-state index in [1.165, 1.54) is 30.4 Å². The number of aryl methyl sites for hydroxylation is 1. The van der Waals surface area contributed by atoms with Crippen LogP contribution in [0.15, 0.2) is 53.6 Å². The first-order chi connectivity index (χ1) is 14.2. The lowest BCUT2D eigenvalue weighted by molar-refractivity contribution is 0.294. The molecule has 2 atom stereocenters. The highest BCUT2D eigenvalue weighted by Gasteiger charge is 2.43. The van der Waals surface area contributed by atoms with Crippen molar-refractivity contribution in [3.05, 3.63) is 71.0 Å². The molecule has 2 aromatic carbocycles. The fourth-order valence-corrected chi connectivity index (χ4v) is 5.43. The number of thiocarbonyl (C=S) groups is 1. The molecule has 5 heteroatoms. The summed E-state index contributed by atoms with van der Waals surface area (Å²) in [6, 6.07) is 15.8. The van der Waals surface area contributed by atoms with Gasteiger partial charge < -0.3 is 5.32 Å². The summed E-state index contributed by atoms with van der Waals surface area (Å²) in [5.74, 6) is 0.0535. The van der Waals surface area contributed by atoms with E-state index in [0.717, 1.165) is 37.0 Å². The third-order valence-electron chi connectivity index (χ3n) is 6.58. The van der Waals surface area contributed by atoms with Crippen LogP contribution in [0.5, 0.6) is 0 Å². The van der Waals surface area contributed by atoms with Gasteiger partial charge in [-0.15, -0.1) is 0 Å². The van der Waals surface area contributed by atoms with Crippen LogP contribution in [0.25, 0.3) is 0 Å². The molecule has 0 spiro atoms. The van der Waals surface area contributed by atoms with Gasteiger partial charge in [0.15, 0.2) is 5.11 Å². The summed E-state index contributed by atoms with van der Waals surface area (Å²) in [7, 11) is 0. The van der Waals surface area contributed by atoms with Crippen LogP contribution < -0.4 is 5.32 Å². The van der Waals surface area contributed by atoms with E-state index in [0.29, 0.717) is 11.2 Å². The van der Waals surface area contributed by atoms with Crippen molar-refractivity contribution in [3.8, 4) is 0 Å². The Hall–Kier alpha value is -2.27. The van der Waals surface area contributed by atoms with Crippen molar-refractivity contribution in [2.24, 2.45) is 11.0 Å². The molecule has 5 rings (SSSR count). The van der Waals surface area contributed by atoms with E-state index in [1.54, 1.807) is 12.1 Å². The SMILES string of the molecule is Fc1ccc([C@H]2[C@H]3CCc4ccccc4C3=NN2C(=S)NC2CCCCC2)cc1. The van der Waals surface area contributed by atoms with E-state index in [4.69, 9.17) is 17.3 Å². The second-order valence-corrected chi connectivity index (χ2v) is 8.80. The minimum Gasteiger partial charge on any atom is -0.358 e. The molecule has 0 radical (unpaired) electrons. The van der Waals surface area contributed by atoms with E-state index < -0.39 is 0 Å². The zero-order chi connectivity index (χ0) is 19.8. The van der Waals surface area contributed by atoms with Gasteiger partial charge in [-0.1, -0.05) is 55.7 Å². The van der Waals surface area contributed by atoms with Crippen LogP contribution in [-0.2, 0) is 6.42 Å². The summed E-state index contributed by atoms with van der Waals surface area (Å²) in [6.45, 7) is 0. The molecule has 0 amide bonds. The summed E-state index contributed by atoms with van der Waals surface area (Å²) in [5, 5.41) is 11.3. The molecule has 3 nitrogen and oxygen atoms in total. The van der Waals surface area contributed by atoms with Crippen LogP contribution in [0.4, 0.5) is 4.39 Å². The summed E-state index contributed by atoms with van der Waals surface area (Å²) in [4.78, 5) is 0. The molecule has 2 aromatic rings. The highest BCUT2D eigenvalue weighted by molar-refractivity contribution is 7.80. The highest BCUT2D eigenvalue weighted by atomic mass is 32.1. The third kappa shape index (κ3) is 3.57. The average molecular weight is 408 g/mol. The Morgan fingerprint density at radius 3 is 2.55 bits per heavy atom. The van der Waals surface area contributed by atoms with E-state index in [2.05, 4.69) is 29.6 Å². The minimum absolute atomic E-state index is 0.0162. The van der Waals surface area contributed by atoms with E-state index >= 15 is 0 Å². The van der Waals surface area contributed by atoms with Gasteiger partial charge in [0.05, 0.1) is 11.8 Å². The first-order valence-electron chi connectivity index (χ1n) is 10.7. The Morgan fingerprint density at radius 2 is 1.76 bits per heavy atom. The second-order valence-electron chi connectivity index (χ2n) is 8.41. The predicted octanol–water partition coefficient (Wildman–Crippen LogP) is 5.36. The van der Waals surface area contributed by atoms with Crippen LogP contribution in [0.1, 0.15) is 61.3 Å². The molecule has 29 heavy (non-hydrogen) atoms. The molecule has 3 aliphatic rings. The molecule has 1 aliphatic heterocycles. The van der Waals surface area contributed by atoms with Crippen LogP contribution in [0.3, 0.4) is 0 Å². The van der Waals surface area contributed by atoms with Crippen molar-refractivity contribution in [1.82, 2.24) is 10.3 Å². The topological polar surface area (TPSA) is 27.6 Å². The van der Waals surface area contributed by atoms with E-state index in [9.17, 15) is 4.39 Å². The van der Waals surface area contributed by atoms with Crippen molar-refractivity contribution < 1.29 is 4.39 Å². The zero-order valence-corrected chi connectivity index (χ0v) is 17.3. The van der Waals surface area contributed by atoms with Gasteiger partial charge in [0, 0.05) is 17.5 Å². The number of nitrogens with one attached hydrogen (secondary N) is 1. The first kappa shape index (κ1) is 18.7. The standard InChI is InChI=1S/C24H26FN3S/c25-18-13-10-17(11-14-18)23-21-15-12-16-6-4-5-9-20(16)22(21)27-28(23)24(29)26-19-7-2-1-3-8-19/h4-6,9-11,13-14,19,21,23H,1-3,7-8,12,15H2,(H,26,29)/t21-,23-/m0/s1. The molecule has 2 aliphatic carbocycles. The quantitative estimate of drug-likeness (QED) is 0.680. The zero-order valence-electron chi connectivity index (χ0n) is 16.5. The van der Waals surface area contributed by atoms with Crippen LogP contribution in [0.2, 0.25) is 0 Å². The molecule has 0 aromatic heterocycles. The third-order valence-corrected chi connectivity index (χ3v) is 6.89. The predicted molar refractivity (Wildman–Crippen MR) is 118 cm³/mol. The Bertz CT molecular complexity index is 933. The van der Waals surface area contributed by atoms with Gasteiger partial charge in [0.2, 0.25) is 0 Å². The lowest BCUT2D eigenvalue weighted by atomic mass is 9.77. The lowest BCUT2D eigenvalue weighted by Gasteiger charge is -2.33. The number of nitrogens with zero attached hydrogens (tertiary/aromatic N) is 2. The molecular weight excluding hydrogens is 381 g/mol. The number of rotatable bonds is 2. The number of halogens is 1. The number of hydrogen-bond acceptors (Lipinski definition) is 2. The largest absolute Gasteiger partial charge is 0.358 e. The Kier molecular flexibility index (Phi) is 5.08. The molecule has 0 unspecified atom stereocenters. The van der Waals surface area contributed by atoms with Gasteiger partial charge in [-0.3, -0.25) is 0 Å². The number of fused-ring (bicyclic) bond motifs is 3. The van der Waals surface area contributed by atoms with Gasteiger partial charge in [-0.2, -0.15) is 5.10 Å². The Balaban J connectivity index is 1.50. The summed E-state index contributed by atoms with van der Waals surface area (Å²) >= 11 is 5.85. The Morgan fingerprint density at radius 1 is 1.00 bits per heavy atom. The lowest BCUT2D eigenvalue weighted by Crippen LogP contribution is -2.44. The van der Waals surface area contributed by atoms with E-state index in [1.807, 2.05) is 17.1 Å². The van der Waals surface area contributed by atoms with Crippen molar-refractivity contribution >= 4 is 23.0 Å². The Labute approximate surface area is 177 Å². The highest BCUT2D eigenvalue weighted by Crippen LogP contribution is 2.43. The maximum absolute atomic E-state index is 13.6. The van der Waals surface area contributed by atoms with E-state index in [-0.39, 0.29) is 17.8 Å². The van der Waals surface area contributed by atoms with Crippen LogP contribution in [-0.4, -0.2) is 21.9 Å². The smallest absolute Gasteiger partial charge is 0.190 e. The first-order valence-corrected chi connectivity index (χ1v) is 11.1. The van der Waals surface area contributed by atoms with Gasteiger partial charge in [-0.05, 0) is 61.2 Å². The van der Waals surface area contributed by atoms with Crippen molar-refractivity contribution in [3.63, 3.8) is 0 Å². The van der Waals surface area contributed by atoms with Crippen molar-refractivity contribution in [2.75, 3.05) is 0 Å². The number of hydrazone groups is 1. The summed E-state index contributed by atoms with van der Waals surface area (Å²) in [5.41, 5.74) is 4.78. The maximum atomic E-state index is 13.6. The van der Waals surface area contributed by atoms with Gasteiger partial charge in [0.1, 0.15) is 5.82 Å². The van der Waals surface area contributed by atoms with Crippen LogP contribution in [0, 0.1) is 11.7 Å². The fourth-order valence-electron chi connectivity index (χ4n) is 5.11. The molecule has 1 saturated carbocycles. The number of hydrogen-bond donors (Lipinski definition) is 1. The minimum atomic E-state index is -0.212. The summed E-state index contributed by atoms with van der Waals surface area (Å²) < 4.78 is 13.6. The number of benzene rings is 2. The summed E-state index contributed by atoms with van der Waals surface area (Å²) in [6.07, 6.45) is 8.22. The van der Waals surface area contributed by atoms with Gasteiger partial charge in [-0.25, -0.2) is 9.40 Å². The monoisotopic (exact) mass is 407 g/mol.